The van der Waals surface area contributed by atoms with Crippen LogP contribution in [0, 0.1) is 5.82 Å². The van der Waals surface area contributed by atoms with E-state index in [-0.39, 0.29) is 29.1 Å². The summed E-state index contributed by atoms with van der Waals surface area (Å²) in [6, 6.07) is 14.5. The minimum Gasteiger partial charge on any atom is -0.435 e. The molecule has 0 spiro atoms. The summed E-state index contributed by atoms with van der Waals surface area (Å²) in [7, 11) is 1.76. The summed E-state index contributed by atoms with van der Waals surface area (Å²) in [5.74, 6) is 0.110. The van der Waals surface area contributed by atoms with E-state index in [1.54, 1.807) is 41.9 Å². The molecule has 2 aliphatic heterocycles. The number of aryl methyl sites for hydroxylation is 1. The Balaban J connectivity index is 1.29. The molecule has 0 radical (unpaired) electrons. The average Bonchev–Trinajstić information content (AvgIpc) is 3.72. The van der Waals surface area contributed by atoms with Gasteiger partial charge in [-0.2, -0.15) is 13.2 Å². The number of likely N-dealkylation sites (tertiary alicyclic amines) is 1. The quantitative estimate of drug-likeness (QED) is 0.247. The number of nitrogens with zero attached hydrogens (tertiary/aromatic N) is 5. The minimum absolute atomic E-state index is 0.0652. The molecule has 7 nitrogen and oxygen atoms in total. The van der Waals surface area contributed by atoms with Gasteiger partial charge in [0, 0.05) is 37.3 Å². The average molecular weight is 550 g/mol. The van der Waals surface area contributed by atoms with Gasteiger partial charge in [-0.15, -0.1) is 10.2 Å². The molecule has 204 valence electrons. The van der Waals surface area contributed by atoms with Crippen LogP contribution in [0.2, 0.25) is 0 Å². The summed E-state index contributed by atoms with van der Waals surface area (Å²) in [5.41, 5.74) is 1.92. The highest BCUT2D eigenvalue weighted by atomic mass is 19.4. The summed E-state index contributed by atoms with van der Waals surface area (Å²) in [4.78, 5) is 6.64. The van der Waals surface area contributed by atoms with Crippen molar-refractivity contribution >= 4 is 11.1 Å². The number of halogens is 4. The van der Waals surface area contributed by atoms with E-state index in [0.717, 1.165) is 12.5 Å². The summed E-state index contributed by atoms with van der Waals surface area (Å²) in [6.07, 6.45) is -2.03. The van der Waals surface area contributed by atoms with Gasteiger partial charge < -0.3 is 13.7 Å². The van der Waals surface area contributed by atoms with Crippen molar-refractivity contribution in [3.8, 4) is 34.0 Å². The highest BCUT2D eigenvalue weighted by Crippen LogP contribution is 2.40. The van der Waals surface area contributed by atoms with E-state index < -0.39 is 17.6 Å². The number of fused-ring (bicyclic) bond motifs is 3. The molecular weight excluding hydrogens is 526 g/mol. The highest BCUT2D eigenvalue weighted by molar-refractivity contribution is 5.84. The first-order chi connectivity index (χ1) is 19.2. The molecule has 3 aromatic carbocycles. The van der Waals surface area contributed by atoms with Gasteiger partial charge in [-0.1, -0.05) is 18.2 Å². The van der Waals surface area contributed by atoms with E-state index in [4.69, 9.17) is 9.15 Å². The van der Waals surface area contributed by atoms with Gasteiger partial charge in [-0.3, -0.25) is 4.90 Å². The molecule has 11 heteroatoms. The fraction of sp³-hybridized carbons (Fsp3) is 0.276. The first-order valence-corrected chi connectivity index (χ1v) is 12.8. The van der Waals surface area contributed by atoms with Crippen LogP contribution in [-0.4, -0.2) is 49.9 Å². The van der Waals surface area contributed by atoms with Gasteiger partial charge in [-0.05, 0) is 59.5 Å². The maximum atomic E-state index is 14.2. The zero-order valence-electron chi connectivity index (χ0n) is 21.3. The van der Waals surface area contributed by atoms with Crippen molar-refractivity contribution in [1.82, 2.24) is 24.6 Å². The van der Waals surface area contributed by atoms with Gasteiger partial charge in [-0.25, -0.2) is 9.37 Å². The molecule has 0 unspecified atom stereocenters. The Morgan fingerprint density at radius 3 is 2.60 bits per heavy atom. The number of hydrogen-bond acceptors (Lipinski definition) is 6. The number of hydrogen-bond donors (Lipinski definition) is 0. The lowest BCUT2D eigenvalue weighted by Crippen LogP contribution is -2.36. The summed E-state index contributed by atoms with van der Waals surface area (Å²) < 4.78 is 69.7. The van der Waals surface area contributed by atoms with Crippen LogP contribution < -0.4 is 0 Å². The van der Waals surface area contributed by atoms with Gasteiger partial charge in [0.25, 0.3) is 0 Å². The fourth-order valence-corrected chi connectivity index (χ4v) is 5.72. The first kappa shape index (κ1) is 24.9. The largest absolute Gasteiger partial charge is 0.435 e. The van der Waals surface area contributed by atoms with Gasteiger partial charge >= 0.3 is 6.18 Å². The SMILES string of the molecule is Cn1cnnc1-c1cc(F)ccc1-c1cccc(-c2nc3cc(CN4C[C@@H]5C[C@H]4CO5)cc(C(F)(F)F)c3o2)c1. The Bertz CT molecular complexity index is 1740. The molecule has 5 aromatic rings. The van der Waals surface area contributed by atoms with Crippen molar-refractivity contribution in [2.75, 3.05) is 13.2 Å². The zero-order valence-corrected chi connectivity index (χ0v) is 21.3. The van der Waals surface area contributed by atoms with Crippen LogP contribution in [-0.2, 0) is 24.5 Å². The molecule has 2 saturated heterocycles. The molecule has 2 atom stereocenters. The maximum absolute atomic E-state index is 14.2. The van der Waals surface area contributed by atoms with Gasteiger partial charge in [0.15, 0.2) is 11.4 Å². The lowest BCUT2D eigenvalue weighted by molar-refractivity contribution is -0.136. The maximum Gasteiger partial charge on any atom is 0.420 e. The van der Waals surface area contributed by atoms with Crippen molar-refractivity contribution in [2.45, 2.75) is 31.3 Å². The number of alkyl halides is 3. The number of aromatic nitrogens is 4. The van der Waals surface area contributed by atoms with E-state index in [9.17, 15) is 17.6 Å². The second-order valence-corrected chi connectivity index (χ2v) is 10.3. The molecular formula is C29H23F4N5O2. The third kappa shape index (κ3) is 4.35. The molecule has 0 amide bonds. The Morgan fingerprint density at radius 2 is 1.88 bits per heavy atom. The second kappa shape index (κ2) is 9.24. The zero-order chi connectivity index (χ0) is 27.6. The van der Waals surface area contributed by atoms with Gasteiger partial charge in [0.2, 0.25) is 5.89 Å². The Hall–Kier alpha value is -4.09. The normalized spacial score (nSPS) is 19.2. The lowest BCUT2D eigenvalue weighted by atomic mass is 9.97. The Kier molecular flexibility index (Phi) is 5.76. The van der Waals surface area contributed by atoms with Crippen LogP contribution >= 0.6 is 0 Å². The summed E-state index contributed by atoms with van der Waals surface area (Å²) >= 11 is 0. The Labute approximate surface area is 226 Å². The van der Waals surface area contributed by atoms with Gasteiger partial charge in [0.05, 0.1) is 12.7 Å². The van der Waals surface area contributed by atoms with Gasteiger partial charge in [0.1, 0.15) is 23.2 Å². The van der Waals surface area contributed by atoms with Crippen LogP contribution in [0.3, 0.4) is 0 Å². The van der Waals surface area contributed by atoms with Crippen molar-refractivity contribution < 1.29 is 26.7 Å². The van der Waals surface area contributed by atoms with E-state index in [1.165, 1.54) is 18.5 Å². The molecule has 0 saturated carbocycles. The minimum atomic E-state index is -4.61. The molecule has 7 rings (SSSR count). The van der Waals surface area contributed by atoms with E-state index >= 15 is 0 Å². The number of ether oxygens (including phenoxy) is 1. The van der Waals surface area contributed by atoms with Crippen LogP contribution in [0.4, 0.5) is 17.6 Å². The standard InChI is InChI=1S/C29H23F4N5O2/c1-37-15-34-36-27(37)23-10-19(30)5-6-22(23)17-3-2-4-18(9-17)28-35-25-8-16(7-24(26(25)40-28)29(31,32)33)12-38-13-21-11-20(38)14-39-21/h2-10,15,20-21H,11-14H2,1H3/t20-,21-/m0/s1. The molecule has 4 heterocycles. The number of rotatable bonds is 5. The topological polar surface area (TPSA) is 69.2 Å². The number of morpholine rings is 1. The predicted molar refractivity (Wildman–Crippen MR) is 138 cm³/mol. The first-order valence-electron chi connectivity index (χ1n) is 12.8. The van der Waals surface area contributed by atoms with Crippen LogP contribution in [0.5, 0.6) is 0 Å². The van der Waals surface area contributed by atoms with Crippen molar-refractivity contribution in [3.05, 3.63) is 77.9 Å². The third-order valence-corrected chi connectivity index (χ3v) is 7.61. The second-order valence-electron chi connectivity index (χ2n) is 10.3. The highest BCUT2D eigenvalue weighted by Gasteiger charge is 2.40. The van der Waals surface area contributed by atoms with Crippen LogP contribution in [0.15, 0.2) is 65.3 Å². The van der Waals surface area contributed by atoms with Crippen molar-refractivity contribution in [2.24, 2.45) is 7.05 Å². The van der Waals surface area contributed by atoms with Crippen LogP contribution in [0.1, 0.15) is 17.5 Å². The third-order valence-electron chi connectivity index (χ3n) is 7.61. The lowest BCUT2D eigenvalue weighted by Gasteiger charge is -2.26. The molecule has 2 aliphatic rings. The molecule has 0 aliphatic carbocycles. The number of benzene rings is 3. The molecule has 2 aromatic heterocycles. The smallest absolute Gasteiger partial charge is 0.420 e. The molecule has 2 bridgehead atoms. The monoisotopic (exact) mass is 549 g/mol. The predicted octanol–water partition coefficient (Wildman–Crippen LogP) is 6.09. The van der Waals surface area contributed by atoms with E-state index in [1.807, 2.05) is 6.07 Å². The van der Waals surface area contributed by atoms with E-state index in [0.29, 0.717) is 53.3 Å². The fourth-order valence-electron chi connectivity index (χ4n) is 5.72. The summed E-state index contributed by atoms with van der Waals surface area (Å²) in [6.45, 7) is 1.70. The van der Waals surface area contributed by atoms with Crippen molar-refractivity contribution in [1.29, 1.82) is 0 Å². The van der Waals surface area contributed by atoms with Crippen molar-refractivity contribution in [3.63, 3.8) is 0 Å². The van der Waals surface area contributed by atoms with E-state index in [2.05, 4.69) is 20.1 Å². The van der Waals surface area contributed by atoms with Crippen LogP contribution in [0.25, 0.3) is 45.1 Å². The summed E-state index contributed by atoms with van der Waals surface area (Å²) in [5, 5.41) is 8.01. The Morgan fingerprint density at radius 1 is 1.02 bits per heavy atom. The number of oxazole rings is 1. The molecule has 2 fully saturated rings. The molecule has 40 heavy (non-hydrogen) atoms. The molecule has 0 N–H and O–H groups in total.